The third kappa shape index (κ3) is 4.73. The number of carbonyl (C=O) groups excluding carboxylic acids is 2. The first kappa shape index (κ1) is 25.4. The molecule has 3 aromatic carbocycles. The van der Waals surface area contributed by atoms with Crippen molar-refractivity contribution >= 4 is 86.3 Å². The normalized spacial score (nSPS) is 18.3. The molecule has 9 heteroatoms. The molecule has 1 fully saturated rings. The van der Waals surface area contributed by atoms with Gasteiger partial charge in [0, 0.05) is 57.8 Å². The van der Waals surface area contributed by atoms with Crippen LogP contribution >= 0.6 is 58.0 Å². The fourth-order valence-electron chi connectivity index (χ4n) is 4.65. The Morgan fingerprint density at radius 1 is 0.972 bits per heavy atom. The molecule has 1 heterocycles. The maximum Gasteiger partial charge on any atom is 0.231 e. The topological polar surface area (TPSA) is 51.1 Å². The minimum Gasteiger partial charge on any atom is -0.351 e. The van der Waals surface area contributed by atoms with Gasteiger partial charge in [0.1, 0.15) is 4.33 Å². The molecule has 1 aliphatic carbocycles. The molecule has 0 saturated heterocycles. The Bertz CT molecular complexity index is 1510. The SMILES string of the molecule is Cn1ccc2c(CC(=O)c3cc(NC(=O)C4C(c5cc(Cl)cc(Cl)c5)C4(Cl)Cl)ccc3Cl)cccc21. The summed E-state index contributed by atoms with van der Waals surface area (Å²) in [6, 6.07) is 17.6. The van der Waals surface area contributed by atoms with Gasteiger partial charge in [0.25, 0.3) is 0 Å². The van der Waals surface area contributed by atoms with E-state index in [2.05, 4.69) is 5.32 Å². The fraction of sp³-hybridized carbons (Fsp3) is 0.185. The third-order valence-corrected chi connectivity index (χ3v) is 8.19. The number of rotatable bonds is 6. The number of hydrogen-bond donors (Lipinski definition) is 1. The Balaban J connectivity index is 1.35. The number of benzene rings is 3. The number of hydrogen-bond acceptors (Lipinski definition) is 2. The number of aromatic nitrogens is 1. The summed E-state index contributed by atoms with van der Waals surface area (Å²) in [4.78, 5) is 26.3. The molecule has 1 amide bonds. The van der Waals surface area contributed by atoms with Gasteiger partial charge < -0.3 is 9.88 Å². The quantitative estimate of drug-likeness (QED) is 0.185. The fourth-order valence-corrected chi connectivity index (χ4v) is 6.24. The van der Waals surface area contributed by atoms with E-state index in [0.717, 1.165) is 16.5 Å². The molecule has 1 aromatic heterocycles. The number of ketones is 1. The second kappa shape index (κ2) is 9.59. The maximum absolute atomic E-state index is 13.2. The van der Waals surface area contributed by atoms with Gasteiger partial charge in [-0.3, -0.25) is 9.59 Å². The number of Topliss-reactive ketones (excluding diaryl/α,β-unsaturated/α-hetero) is 1. The number of aryl methyl sites for hydroxylation is 1. The number of halogens is 5. The molecule has 2 unspecified atom stereocenters. The summed E-state index contributed by atoms with van der Waals surface area (Å²) in [5, 5.41) is 5.00. The van der Waals surface area contributed by atoms with Gasteiger partial charge in [-0.05, 0) is 59.7 Å². The van der Waals surface area contributed by atoms with Crippen LogP contribution in [0, 0.1) is 5.92 Å². The van der Waals surface area contributed by atoms with Gasteiger partial charge in [-0.25, -0.2) is 0 Å². The van der Waals surface area contributed by atoms with Crippen LogP contribution in [0.15, 0.2) is 66.9 Å². The summed E-state index contributed by atoms with van der Waals surface area (Å²) in [5.41, 5.74) is 3.36. The van der Waals surface area contributed by atoms with Crippen molar-refractivity contribution in [2.75, 3.05) is 5.32 Å². The molecule has 1 N–H and O–H groups in total. The van der Waals surface area contributed by atoms with Crippen molar-refractivity contribution in [2.45, 2.75) is 16.7 Å². The van der Waals surface area contributed by atoms with Gasteiger partial charge >= 0.3 is 0 Å². The maximum atomic E-state index is 13.2. The molecule has 0 aliphatic heterocycles. The van der Waals surface area contributed by atoms with Gasteiger partial charge in [0.05, 0.1) is 10.9 Å². The molecule has 4 aromatic rings. The smallest absolute Gasteiger partial charge is 0.231 e. The summed E-state index contributed by atoms with van der Waals surface area (Å²) in [5.74, 6) is -1.73. The van der Waals surface area contributed by atoms with Crippen molar-refractivity contribution in [2.24, 2.45) is 13.0 Å². The first-order valence-electron chi connectivity index (χ1n) is 11.1. The Morgan fingerprint density at radius 2 is 1.69 bits per heavy atom. The predicted molar refractivity (Wildman–Crippen MR) is 148 cm³/mol. The van der Waals surface area contributed by atoms with E-state index in [0.29, 0.717) is 31.9 Å². The number of amides is 1. The number of alkyl halides is 2. The molecule has 2 atom stereocenters. The van der Waals surface area contributed by atoms with Crippen molar-refractivity contribution in [1.29, 1.82) is 0 Å². The highest BCUT2D eigenvalue weighted by molar-refractivity contribution is 6.53. The summed E-state index contributed by atoms with van der Waals surface area (Å²) in [6.45, 7) is 0. The van der Waals surface area contributed by atoms with Crippen LogP contribution in [-0.2, 0) is 18.3 Å². The van der Waals surface area contributed by atoms with Crippen LogP contribution in [-0.4, -0.2) is 20.6 Å². The third-order valence-electron chi connectivity index (χ3n) is 6.48. The minimum absolute atomic E-state index is 0.158. The molecule has 184 valence electrons. The molecule has 0 radical (unpaired) electrons. The predicted octanol–water partition coefficient (Wildman–Crippen LogP) is 8.09. The van der Waals surface area contributed by atoms with Crippen LogP contribution in [0.25, 0.3) is 10.9 Å². The van der Waals surface area contributed by atoms with E-state index in [-0.39, 0.29) is 18.1 Å². The Kier molecular flexibility index (Phi) is 6.78. The zero-order chi connectivity index (χ0) is 25.8. The summed E-state index contributed by atoms with van der Waals surface area (Å²) < 4.78 is 0.695. The molecule has 5 rings (SSSR count). The lowest BCUT2D eigenvalue weighted by atomic mass is 10.00. The largest absolute Gasteiger partial charge is 0.351 e. The lowest BCUT2D eigenvalue weighted by Gasteiger charge is -2.10. The molecule has 36 heavy (non-hydrogen) atoms. The van der Waals surface area contributed by atoms with Gasteiger partial charge in [-0.1, -0.05) is 46.9 Å². The molecular formula is C27H19Cl5N2O2. The summed E-state index contributed by atoms with van der Waals surface area (Å²) in [6.07, 6.45) is 2.13. The summed E-state index contributed by atoms with van der Waals surface area (Å²) in [7, 11) is 1.96. The van der Waals surface area contributed by atoms with Gasteiger partial charge in [0.15, 0.2) is 5.78 Å². The van der Waals surface area contributed by atoms with Crippen molar-refractivity contribution in [3.63, 3.8) is 0 Å². The molecule has 4 nitrogen and oxygen atoms in total. The Morgan fingerprint density at radius 3 is 2.42 bits per heavy atom. The van der Waals surface area contributed by atoms with Crippen molar-refractivity contribution in [1.82, 2.24) is 4.57 Å². The van der Waals surface area contributed by atoms with Gasteiger partial charge in [-0.15, -0.1) is 23.2 Å². The Labute approximate surface area is 233 Å². The van der Waals surface area contributed by atoms with Crippen LogP contribution < -0.4 is 5.32 Å². The van der Waals surface area contributed by atoms with E-state index in [9.17, 15) is 9.59 Å². The van der Waals surface area contributed by atoms with E-state index in [4.69, 9.17) is 58.0 Å². The standard InChI is InChI=1S/C27H19Cl5N2O2/c1-34-8-7-19-14(3-2-4-22(19)34)11-23(35)20-13-18(5-6-21(20)30)33-26(36)25-24(27(25,31)32)15-9-16(28)12-17(29)10-15/h2-10,12-13,24-25H,11H2,1H3,(H,33,36). The lowest BCUT2D eigenvalue weighted by molar-refractivity contribution is -0.117. The van der Waals surface area contributed by atoms with Crippen molar-refractivity contribution in [3.05, 3.63) is 98.6 Å². The number of anilines is 1. The average molecular weight is 581 g/mol. The molecular weight excluding hydrogens is 562 g/mol. The van der Waals surface area contributed by atoms with Gasteiger partial charge in [0.2, 0.25) is 5.91 Å². The number of nitrogens with one attached hydrogen (secondary N) is 1. The highest BCUT2D eigenvalue weighted by Crippen LogP contribution is 2.65. The monoisotopic (exact) mass is 578 g/mol. The second-order valence-corrected chi connectivity index (χ2v) is 11.6. The average Bonchev–Trinajstić information content (AvgIpc) is 3.19. The van der Waals surface area contributed by atoms with E-state index in [1.54, 1.807) is 36.4 Å². The molecule has 0 bridgehead atoms. The van der Waals surface area contributed by atoms with Crippen LogP contribution in [0.1, 0.15) is 27.4 Å². The van der Waals surface area contributed by atoms with E-state index in [1.165, 1.54) is 0 Å². The lowest BCUT2D eigenvalue weighted by Crippen LogP contribution is -2.17. The number of fused-ring (bicyclic) bond motifs is 1. The zero-order valence-corrected chi connectivity index (χ0v) is 22.6. The Hall–Kier alpha value is -2.21. The van der Waals surface area contributed by atoms with E-state index in [1.807, 2.05) is 42.1 Å². The number of carbonyl (C=O) groups is 2. The highest BCUT2D eigenvalue weighted by atomic mass is 35.5. The van der Waals surface area contributed by atoms with Crippen LogP contribution in [0.3, 0.4) is 0 Å². The van der Waals surface area contributed by atoms with Crippen molar-refractivity contribution < 1.29 is 9.59 Å². The molecule has 1 aliphatic rings. The first-order valence-corrected chi connectivity index (χ1v) is 13.0. The molecule has 1 saturated carbocycles. The van der Waals surface area contributed by atoms with E-state index >= 15 is 0 Å². The van der Waals surface area contributed by atoms with Crippen molar-refractivity contribution in [3.8, 4) is 0 Å². The zero-order valence-electron chi connectivity index (χ0n) is 18.9. The minimum atomic E-state index is -1.31. The van der Waals surface area contributed by atoms with Crippen LogP contribution in [0.4, 0.5) is 5.69 Å². The second-order valence-electron chi connectivity index (χ2n) is 8.89. The first-order chi connectivity index (χ1) is 17.1. The van der Waals surface area contributed by atoms with Crippen LogP contribution in [0.5, 0.6) is 0 Å². The van der Waals surface area contributed by atoms with E-state index < -0.39 is 16.2 Å². The molecule has 0 spiro atoms. The van der Waals surface area contributed by atoms with Crippen LogP contribution in [0.2, 0.25) is 15.1 Å². The highest BCUT2D eigenvalue weighted by Gasteiger charge is 2.67. The number of nitrogens with zero attached hydrogens (tertiary/aromatic N) is 1. The summed E-state index contributed by atoms with van der Waals surface area (Å²) >= 11 is 31.5. The van der Waals surface area contributed by atoms with Gasteiger partial charge in [-0.2, -0.15) is 0 Å².